The van der Waals surface area contributed by atoms with Crippen molar-refractivity contribution in [2.45, 2.75) is 4.90 Å². The Morgan fingerprint density at radius 2 is 1.71 bits per heavy atom. The lowest BCUT2D eigenvalue weighted by molar-refractivity contribution is 0.103. The molecule has 1 aromatic heterocycles. The van der Waals surface area contributed by atoms with Crippen LogP contribution in [0.25, 0.3) is 21.7 Å². The second-order valence-corrected chi connectivity index (χ2v) is 10.7. The Morgan fingerprint density at radius 3 is 2.39 bits per heavy atom. The first kappa shape index (κ1) is 21.5. The number of carbonyl (C=O) groups is 1. The molecule has 0 unspecified atom stereocenters. The lowest BCUT2D eigenvalue weighted by Crippen LogP contribution is -2.02. The number of benzene rings is 3. The molecule has 8 heteroatoms. The van der Waals surface area contributed by atoms with Gasteiger partial charge in [-0.25, -0.2) is 17.8 Å². The molecule has 4 rings (SSSR count). The summed E-state index contributed by atoms with van der Waals surface area (Å²) in [5, 5.41) is 0.218. The maximum Gasteiger partial charge on any atom is 0.221 e. The van der Waals surface area contributed by atoms with Gasteiger partial charge in [-0.2, -0.15) is 0 Å². The number of thiazole rings is 1. The fraction of sp³-hybridized carbons (Fsp3) is 0.0435. The Kier molecular flexibility index (Phi) is 5.88. The summed E-state index contributed by atoms with van der Waals surface area (Å²) in [4.78, 5) is 18.4. The SMILES string of the molecule is CS(=O)(=O)c1ccccc1-c1nc(C(=O)c2cccc(Br)c2)sc1-c1ccc(F)cc1. The van der Waals surface area contributed by atoms with Crippen LogP contribution < -0.4 is 0 Å². The quantitative estimate of drug-likeness (QED) is 0.305. The number of carbonyl (C=O) groups excluding carboxylic acids is 1. The number of rotatable bonds is 5. The third-order valence-electron chi connectivity index (χ3n) is 4.56. The van der Waals surface area contributed by atoms with Crippen LogP contribution in [0.1, 0.15) is 15.4 Å². The highest BCUT2D eigenvalue weighted by Crippen LogP contribution is 2.40. The maximum absolute atomic E-state index is 13.5. The van der Waals surface area contributed by atoms with E-state index >= 15 is 0 Å². The molecule has 0 radical (unpaired) electrons. The Bertz CT molecular complexity index is 1400. The van der Waals surface area contributed by atoms with E-state index in [0.717, 1.165) is 22.1 Å². The molecular weight excluding hydrogens is 501 g/mol. The molecule has 0 fully saturated rings. The van der Waals surface area contributed by atoms with Gasteiger partial charge in [-0.1, -0.05) is 58.4 Å². The van der Waals surface area contributed by atoms with E-state index in [0.29, 0.717) is 27.3 Å². The zero-order chi connectivity index (χ0) is 22.2. The fourth-order valence-electron chi connectivity index (χ4n) is 3.14. The van der Waals surface area contributed by atoms with Crippen molar-refractivity contribution in [2.75, 3.05) is 6.26 Å². The van der Waals surface area contributed by atoms with E-state index in [4.69, 9.17) is 0 Å². The number of hydrogen-bond acceptors (Lipinski definition) is 5. The normalized spacial score (nSPS) is 11.5. The largest absolute Gasteiger partial charge is 0.286 e. The van der Waals surface area contributed by atoms with Crippen molar-refractivity contribution in [2.24, 2.45) is 0 Å². The minimum absolute atomic E-state index is 0.116. The van der Waals surface area contributed by atoms with E-state index in [1.807, 2.05) is 6.07 Å². The number of halogens is 2. The molecule has 0 amide bonds. The highest BCUT2D eigenvalue weighted by atomic mass is 79.9. The van der Waals surface area contributed by atoms with E-state index in [9.17, 15) is 17.6 Å². The summed E-state index contributed by atoms with van der Waals surface area (Å²) in [5.41, 5.74) is 1.87. The lowest BCUT2D eigenvalue weighted by Gasteiger charge is -2.08. The standard InChI is InChI=1S/C23H15BrFNO3S2/c1-31(28,29)19-8-3-2-7-18(19)20-22(14-9-11-17(25)12-10-14)30-23(26-20)21(27)15-5-4-6-16(24)13-15/h2-13H,1H3. The van der Waals surface area contributed by atoms with Gasteiger partial charge in [0.05, 0.1) is 15.5 Å². The number of nitrogens with zero attached hydrogens (tertiary/aromatic N) is 1. The topological polar surface area (TPSA) is 64.1 Å². The smallest absolute Gasteiger partial charge is 0.221 e. The fourth-order valence-corrected chi connectivity index (χ4v) is 5.47. The Hall–Kier alpha value is -2.68. The lowest BCUT2D eigenvalue weighted by atomic mass is 10.1. The molecule has 1 heterocycles. The zero-order valence-electron chi connectivity index (χ0n) is 16.2. The Balaban J connectivity index is 1.95. The van der Waals surface area contributed by atoms with E-state index in [2.05, 4.69) is 20.9 Å². The van der Waals surface area contributed by atoms with Crippen LogP contribution in [0.2, 0.25) is 0 Å². The predicted molar refractivity (Wildman–Crippen MR) is 124 cm³/mol. The molecule has 0 saturated carbocycles. The summed E-state index contributed by atoms with van der Waals surface area (Å²) in [7, 11) is -3.54. The van der Waals surface area contributed by atoms with Gasteiger partial charge < -0.3 is 0 Å². The average molecular weight is 516 g/mol. The minimum atomic E-state index is -3.54. The third kappa shape index (κ3) is 4.51. The molecule has 0 spiro atoms. The van der Waals surface area contributed by atoms with Gasteiger partial charge in [0, 0.05) is 21.9 Å². The van der Waals surface area contributed by atoms with Gasteiger partial charge in [0.1, 0.15) is 5.82 Å². The molecule has 0 saturated heterocycles. The first-order chi connectivity index (χ1) is 14.7. The second kappa shape index (κ2) is 8.45. The highest BCUT2D eigenvalue weighted by molar-refractivity contribution is 9.10. The first-order valence-electron chi connectivity index (χ1n) is 9.10. The molecule has 0 aliphatic rings. The zero-order valence-corrected chi connectivity index (χ0v) is 19.4. The van der Waals surface area contributed by atoms with Crippen LogP contribution in [0, 0.1) is 5.82 Å². The molecule has 0 N–H and O–H groups in total. The van der Waals surface area contributed by atoms with E-state index < -0.39 is 15.7 Å². The highest BCUT2D eigenvalue weighted by Gasteiger charge is 2.24. The molecule has 4 nitrogen and oxygen atoms in total. The molecular formula is C23H15BrFNO3S2. The van der Waals surface area contributed by atoms with Gasteiger partial charge in [0.25, 0.3) is 0 Å². The molecule has 3 aromatic carbocycles. The van der Waals surface area contributed by atoms with Gasteiger partial charge in [-0.15, -0.1) is 11.3 Å². The molecule has 156 valence electrons. The van der Waals surface area contributed by atoms with Crippen LogP contribution in [0.5, 0.6) is 0 Å². The van der Waals surface area contributed by atoms with Crippen LogP contribution >= 0.6 is 27.3 Å². The molecule has 0 atom stereocenters. The van der Waals surface area contributed by atoms with Gasteiger partial charge in [-0.05, 0) is 35.9 Å². The van der Waals surface area contributed by atoms with Crippen molar-refractivity contribution in [3.05, 3.63) is 93.7 Å². The summed E-state index contributed by atoms with van der Waals surface area (Å²) in [6, 6.07) is 19.3. The van der Waals surface area contributed by atoms with Crippen molar-refractivity contribution in [1.82, 2.24) is 4.98 Å². The van der Waals surface area contributed by atoms with Gasteiger partial charge in [0.2, 0.25) is 5.78 Å². The van der Waals surface area contributed by atoms with Crippen molar-refractivity contribution in [3.63, 3.8) is 0 Å². The minimum Gasteiger partial charge on any atom is -0.286 e. The summed E-state index contributed by atoms with van der Waals surface area (Å²) >= 11 is 4.51. The summed E-state index contributed by atoms with van der Waals surface area (Å²) in [5.74, 6) is -0.672. The summed E-state index contributed by atoms with van der Waals surface area (Å²) in [6.45, 7) is 0. The Morgan fingerprint density at radius 1 is 1.00 bits per heavy atom. The monoisotopic (exact) mass is 515 g/mol. The molecule has 0 aliphatic carbocycles. The molecule has 31 heavy (non-hydrogen) atoms. The summed E-state index contributed by atoms with van der Waals surface area (Å²) in [6.07, 6.45) is 1.13. The number of sulfone groups is 1. The van der Waals surface area contributed by atoms with Crippen LogP contribution in [0.4, 0.5) is 4.39 Å². The van der Waals surface area contributed by atoms with E-state index in [-0.39, 0.29) is 15.7 Å². The van der Waals surface area contributed by atoms with Crippen LogP contribution in [0.3, 0.4) is 0 Å². The predicted octanol–water partition coefficient (Wildman–Crippen LogP) is 6.01. The van der Waals surface area contributed by atoms with Crippen molar-refractivity contribution in [3.8, 4) is 21.7 Å². The second-order valence-electron chi connectivity index (χ2n) is 6.81. The van der Waals surface area contributed by atoms with Gasteiger partial charge in [-0.3, -0.25) is 4.79 Å². The number of ketones is 1. The van der Waals surface area contributed by atoms with Gasteiger partial charge >= 0.3 is 0 Å². The molecule has 4 aromatic rings. The maximum atomic E-state index is 13.5. The first-order valence-corrected chi connectivity index (χ1v) is 12.6. The van der Waals surface area contributed by atoms with Crippen LogP contribution in [0.15, 0.2) is 82.2 Å². The Labute approximate surface area is 191 Å². The third-order valence-corrected chi connectivity index (χ3v) is 7.31. The molecule has 0 aliphatic heterocycles. The van der Waals surface area contributed by atoms with Crippen LogP contribution in [-0.2, 0) is 9.84 Å². The summed E-state index contributed by atoms with van der Waals surface area (Å²) < 4.78 is 39.0. The van der Waals surface area contributed by atoms with Crippen molar-refractivity contribution in [1.29, 1.82) is 0 Å². The van der Waals surface area contributed by atoms with Crippen molar-refractivity contribution < 1.29 is 17.6 Å². The van der Waals surface area contributed by atoms with E-state index in [1.165, 1.54) is 18.2 Å². The average Bonchev–Trinajstić information content (AvgIpc) is 3.18. The number of hydrogen-bond donors (Lipinski definition) is 0. The molecule has 0 bridgehead atoms. The van der Waals surface area contributed by atoms with Gasteiger partial charge in [0.15, 0.2) is 14.8 Å². The van der Waals surface area contributed by atoms with E-state index in [1.54, 1.807) is 48.5 Å². The van der Waals surface area contributed by atoms with Crippen molar-refractivity contribution >= 4 is 42.9 Å². The van der Waals surface area contributed by atoms with Crippen LogP contribution in [-0.4, -0.2) is 25.4 Å². The number of aromatic nitrogens is 1.